The van der Waals surface area contributed by atoms with Crippen molar-refractivity contribution in [2.45, 2.75) is 0 Å². The standard InChI is InChI=1S/C11H11N3S2/c1-2-7-12-10(15)14-11-13-8-5-3-4-6-9(8)16-11/h2-6H,1,7H2,(H2,12,13,14,15). The van der Waals surface area contributed by atoms with Gasteiger partial charge in [-0.05, 0) is 24.4 Å². The third kappa shape index (κ3) is 2.56. The third-order valence-corrected chi connectivity index (χ3v) is 3.12. The minimum Gasteiger partial charge on any atom is -0.359 e. The Labute approximate surface area is 103 Å². The van der Waals surface area contributed by atoms with E-state index in [9.17, 15) is 0 Å². The van der Waals surface area contributed by atoms with Crippen LogP contribution in [0.5, 0.6) is 0 Å². The van der Waals surface area contributed by atoms with Gasteiger partial charge in [-0.25, -0.2) is 4.98 Å². The van der Waals surface area contributed by atoms with Crippen molar-refractivity contribution in [3.05, 3.63) is 36.9 Å². The molecule has 0 radical (unpaired) electrons. The molecule has 0 fully saturated rings. The van der Waals surface area contributed by atoms with Crippen LogP contribution in [0.3, 0.4) is 0 Å². The van der Waals surface area contributed by atoms with E-state index in [1.54, 1.807) is 17.4 Å². The zero-order valence-electron chi connectivity index (χ0n) is 8.56. The molecular formula is C11H11N3S2. The molecule has 1 aromatic carbocycles. The van der Waals surface area contributed by atoms with Crippen LogP contribution in [0.25, 0.3) is 10.2 Å². The molecule has 0 amide bonds. The number of hydrogen-bond acceptors (Lipinski definition) is 3. The molecule has 0 aliphatic carbocycles. The molecule has 2 rings (SSSR count). The summed E-state index contributed by atoms with van der Waals surface area (Å²) < 4.78 is 1.15. The van der Waals surface area contributed by atoms with Crippen molar-refractivity contribution in [3.8, 4) is 0 Å². The molecule has 0 aliphatic heterocycles. The largest absolute Gasteiger partial charge is 0.359 e. The average Bonchev–Trinajstić information content (AvgIpc) is 2.68. The molecule has 1 heterocycles. The lowest BCUT2D eigenvalue weighted by Crippen LogP contribution is -2.28. The van der Waals surface area contributed by atoms with E-state index in [1.165, 1.54) is 0 Å². The maximum Gasteiger partial charge on any atom is 0.190 e. The minimum atomic E-state index is 0.568. The van der Waals surface area contributed by atoms with Gasteiger partial charge in [0.1, 0.15) is 0 Å². The number of thiazole rings is 1. The van der Waals surface area contributed by atoms with Gasteiger partial charge in [-0.3, -0.25) is 0 Å². The molecule has 82 valence electrons. The van der Waals surface area contributed by atoms with Crippen LogP contribution in [0.15, 0.2) is 36.9 Å². The summed E-state index contributed by atoms with van der Waals surface area (Å²) in [5, 5.41) is 7.42. The number of nitrogens with one attached hydrogen (secondary N) is 2. The predicted molar refractivity (Wildman–Crippen MR) is 74.0 cm³/mol. The van der Waals surface area contributed by atoms with Crippen LogP contribution in [-0.4, -0.2) is 16.6 Å². The molecule has 0 bridgehead atoms. The van der Waals surface area contributed by atoms with Gasteiger partial charge in [0.05, 0.1) is 10.2 Å². The van der Waals surface area contributed by atoms with Crippen LogP contribution in [0, 0.1) is 0 Å². The van der Waals surface area contributed by atoms with Gasteiger partial charge >= 0.3 is 0 Å². The Bertz CT molecular complexity index is 486. The van der Waals surface area contributed by atoms with E-state index < -0.39 is 0 Å². The summed E-state index contributed by atoms with van der Waals surface area (Å²) in [6.45, 7) is 4.26. The molecule has 2 aromatic rings. The highest BCUT2D eigenvalue weighted by Crippen LogP contribution is 2.25. The molecule has 2 N–H and O–H groups in total. The molecule has 0 atom stereocenters. The summed E-state index contributed by atoms with van der Waals surface area (Å²) in [7, 11) is 0. The number of rotatable bonds is 3. The highest BCUT2D eigenvalue weighted by Gasteiger charge is 2.03. The van der Waals surface area contributed by atoms with Crippen molar-refractivity contribution in [3.63, 3.8) is 0 Å². The molecule has 0 spiro atoms. The van der Waals surface area contributed by atoms with Gasteiger partial charge < -0.3 is 10.6 Å². The molecule has 0 unspecified atom stereocenters. The van der Waals surface area contributed by atoms with Crippen molar-refractivity contribution in [1.82, 2.24) is 10.3 Å². The SMILES string of the molecule is C=CCNC(=S)Nc1nc2ccccc2s1. The molecule has 5 heteroatoms. The van der Waals surface area contributed by atoms with Crippen molar-refractivity contribution in [2.24, 2.45) is 0 Å². The molecule has 0 aliphatic rings. The second-order valence-electron chi connectivity index (χ2n) is 3.11. The molecule has 1 aromatic heterocycles. The average molecular weight is 249 g/mol. The van der Waals surface area contributed by atoms with Gasteiger partial charge in [-0.1, -0.05) is 29.5 Å². The van der Waals surface area contributed by atoms with E-state index in [4.69, 9.17) is 12.2 Å². The summed E-state index contributed by atoms with van der Waals surface area (Å²) in [5.41, 5.74) is 0.988. The third-order valence-electron chi connectivity index (χ3n) is 1.92. The first-order chi connectivity index (χ1) is 7.79. The molecule has 0 saturated carbocycles. The first kappa shape index (κ1) is 11.0. The fraction of sp³-hybridized carbons (Fsp3) is 0.0909. The molecular weight excluding hydrogens is 238 g/mol. The predicted octanol–water partition coefficient (Wildman–Crippen LogP) is 2.77. The van der Waals surface area contributed by atoms with Crippen LogP contribution in [0.2, 0.25) is 0 Å². The van der Waals surface area contributed by atoms with Gasteiger partial charge in [0.15, 0.2) is 10.2 Å². The quantitative estimate of drug-likeness (QED) is 0.648. The Balaban J connectivity index is 2.09. The smallest absolute Gasteiger partial charge is 0.190 e. The highest BCUT2D eigenvalue weighted by molar-refractivity contribution is 7.80. The van der Waals surface area contributed by atoms with E-state index in [-0.39, 0.29) is 0 Å². The summed E-state index contributed by atoms with van der Waals surface area (Å²) in [6, 6.07) is 7.99. The van der Waals surface area contributed by atoms with Crippen molar-refractivity contribution >= 4 is 44.0 Å². The topological polar surface area (TPSA) is 37.0 Å². The van der Waals surface area contributed by atoms with E-state index in [0.717, 1.165) is 15.3 Å². The monoisotopic (exact) mass is 249 g/mol. The lowest BCUT2D eigenvalue weighted by molar-refractivity contribution is 1.06. The van der Waals surface area contributed by atoms with Crippen LogP contribution in [-0.2, 0) is 0 Å². The number of anilines is 1. The molecule has 16 heavy (non-hydrogen) atoms. The number of hydrogen-bond donors (Lipinski definition) is 2. The van der Waals surface area contributed by atoms with Gasteiger partial charge in [-0.2, -0.15) is 0 Å². The fourth-order valence-electron chi connectivity index (χ4n) is 1.23. The van der Waals surface area contributed by atoms with Crippen LogP contribution >= 0.6 is 23.6 Å². The Morgan fingerprint density at radius 2 is 2.31 bits per heavy atom. The first-order valence-corrected chi connectivity index (χ1v) is 6.03. The Morgan fingerprint density at radius 3 is 3.06 bits per heavy atom. The van der Waals surface area contributed by atoms with E-state index in [0.29, 0.717) is 11.7 Å². The fourth-order valence-corrected chi connectivity index (χ4v) is 2.35. The lowest BCUT2D eigenvalue weighted by Gasteiger charge is -2.04. The Morgan fingerprint density at radius 1 is 1.50 bits per heavy atom. The summed E-state index contributed by atoms with van der Waals surface area (Å²) in [5.74, 6) is 0. The second-order valence-corrected chi connectivity index (χ2v) is 4.55. The van der Waals surface area contributed by atoms with E-state index in [2.05, 4.69) is 22.2 Å². The van der Waals surface area contributed by atoms with Crippen LogP contribution in [0.4, 0.5) is 5.13 Å². The number of thiocarbonyl (C=S) groups is 1. The van der Waals surface area contributed by atoms with Gasteiger partial charge in [0, 0.05) is 6.54 Å². The summed E-state index contributed by atoms with van der Waals surface area (Å²) in [4.78, 5) is 4.41. The first-order valence-electron chi connectivity index (χ1n) is 4.81. The molecule has 0 saturated heterocycles. The number of para-hydroxylation sites is 1. The van der Waals surface area contributed by atoms with E-state index >= 15 is 0 Å². The van der Waals surface area contributed by atoms with Gasteiger partial charge in [0.2, 0.25) is 0 Å². The van der Waals surface area contributed by atoms with Crippen LogP contribution < -0.4 is 10.6 Å². The lowest BCUT2D eigenvalue weighted by atomic mass is 10.3. The van der Waals surface area contributed by atoms with Crippen molar-refractivity contribution < 1.29 is 0 Å². The number of nitrogens with zero attached hydrogens (tertiary/aromatic N) is 1. The molecule has 3 nitrogen and oxygen atoms in total. The number of benzene rings is 1. The summed E-state index contributed by atoms with van der Waals surface area (Å²) >= 11 is 6.69. The number of aromatic nitrogens is 1. The van der Waals surface area contributed by atoms with Gasteiger partial charge in [0.25, 0.3) is 0 Å². The van der Waals surface area contributed by atoms with Crippen molar-refractivity contribution in [2.75, 3.05) is 11.9 Å². The van der Waals surface area contributed by atoms with Crippen molar-refractivity contribution in [1.29, 1.82) is 0 Å². The highest BCUT2D eigenvalue weighted by atomic mass is 32.1. The number of fused-ring (bicyclic) bond motifs is 1. The zero-order chi connectivity index (χ0) is 11.4. The Hall–Kier alpha value is -1.46. The second kappa shape index (κ2) is 5.05. The van der Waals surface area contributed by atoms with E-state index in [1.807, 2.05) is 24.3 Å². The normalized spacial score (nSPS) is 10.0. The summed E-state index contributed by atoms with van der Waals surface area (Å²) in [6.07, 6.45) is 1.76. The van der Waals surface area contributed by atoms with Crippen LogP contribution in [0.1, 0.15) is 0 Å². The minimum absolute atomic E-state index is 0.568. The zero-order valence-corrected chi connectivity index (χ0v) is 10.2. The van der Waals surface area contributed by atoms with Gasteiger partial charge in [-0.15, -0.1) is 6.58 Å². The maximum atomic E-state index is 5.10. The maximum absolute atomic E-state index is 5.10. The Kier molecular flexibility index (Phi) is 3.48.